The molecule has 206 valence electrons. The van der Waals surface area contributed by atoms with Gasteiger partial charge in [-0.1, -0.05) is 72.8 Å². The second-order valence-electron chi connectivity index (χ2n) is 11.6. The van der Waals surface area contributed by atoms with Gasteiger partial charge in [0.05, 0.1) is 13.0 Å². The molecule has 0 aromatic heterocycles. The first-order valence-corrected chi connectivity index (χ1v) is 14.9. The molecule has 0 amide bonds. The van der Waals surface area contributed by atoms with E-state index >= 15 is 0 Å². The zero-order chi connectivity index (χ0) is 26.8. The fourth-order valence-electron chi connectivity index (χ4n) is 6.47. The molecule has 0 N–H and O–H groups in total. The molecule has 0 heterocycles. The Hall–Kier alpha value is -2.26. The van der Waals surface area contributed by atoms with Crippen LogP contribution in [-0.2, 0) is 17.8 Å². The Bertz CT molecular complexity index is 1000. The van der Waals surface area contributed by atoms with Gasteiger partial charge in [0.2, 0.25) is 0 Å². The summed E-state index contributed by atoms with van der Waals surface area (Å²) in [7, 11) is 0. The molecular formula is C35H46F2O. The summed E-state index contributed by atoms with van der Waals surface area (Å²) in [5.74, 6) is 2.68. The van der Waals surface area contributed by atoms with Crippen LogP contribution < -0.4 is 0 Å². The summed E-state index contributed by atoms with van der Waals surface area (Å²) in [5, 5.41) is 0. The van der Waals surface area contributed by atoms with Crippen LogP contribution in [0.5, 0.6) is 0 Å². The molecule has 0 saturated heterocycles. The Morgan fingerprint density at radius 3 is 1.84 bits per heavy atom. The molecule has 0 spiro atoms. The number of alkyl halides is 2. The number of ether oxygens (including phenoxy) is 1. The molecule has 2 aromatic rings. The summed E-state index contributed by atoms with van der Waals surface area (Å²) in [6.07, 6.45) is 17.6. The van der Waals surface area contributed by atoms with Crippen LogP contribution in [0.3, 0.4) is 0 Å². The average molecular weight is 521 g/mol. The van der Waals surface area contributed by atoms with Gasteiger partial charge in [-0.2, -0.15) is 8.78 Å². The highest BCUT2D eigenvalue weighted by Gasteiger charge is 2.31. The Morgan fingerprint density at radius 2 is 1.29 bits per heavy atom. The van der Waals surface area contributed by atoms with E-state index in [2.05, 4.69) is 62.4 Å². The lowest BCUT2D eigenvalue weighted by Crippen LogP contribution is -2.23. The number of hydrogen-bond donors (Lipinski definition) is 0. The third-order valence-corrected chi connectivity index (χ3v) is 8.82. The normalized spacial score (nSPS) is 24.8. The van der Waals surface area contributed by atoms with Gasteiger partial charge in [0.1, 0.15) is 0 Å². The van der Waals surface area contributed by atoms with Gasteiger partial charge in [0, 0.05) is 0 Å². The van der Waals surface area contributed by atoms with E-state index in [1.54, 1.807) is 0 Å². The van der Waals surface area contributed by atoms with Crippen molar-refractivity contribution in [3.63, 3.8) is 0 Å². The summed E-state index contributed by atoms with van der Waals surface area (Å²) in [4.78, 5) is 0. The fourth-order valence-corrected chi connectivity index (χ4v) is 6.47. The highest BCUT2D eigenvalue weighted by Crippen LogP contribution is 2.38. The molecule has 4 rings (SSSR count). The minimum Gasteiger partial charge on any atom is -0.315 e. The monoisotopic (exact) mass is 520 g/mol. The highest BCUT2D eigenvalue weighted by molar-refractivity contribution is 5.27. The molecule has 2 aromatic carbocycles. The zero-order valence-electron chi connectivity index (χ0n) is 23.4. The molecular weight excluding hydrogens is 474 g/mol. The molecule has 38 heavy (non-hydrogen) atoms. The number of halogens is 2. The number of benzene rings is 2. The maximum Gasteiger partial charge on any atom is 0.360 e. The minimum absolute atomic E-state index is 0.0727. The second-order valence-corrected chi connectivity index (χ2v) is 11.6. The molecule has 0 atom stereocenters. The Balaban J connectivity index is 1.21. The summed E-state index contributed by atoms with van der Waals surface area (Å²) in [6, 6.07) is 16.0. The summed E-state index contributed by atoms with van der Waals surface area (Å²) in [6.45, 7) is 4.10. The molecule has 0 bridgehead atoms. The first-order chi connectivity index (χ1) is 18.5. The lowest BCUT2D eigenvalue weighted by atomic mass is 9.77. The molecule has 2 fully saturated rings. The highest BCUT2D eigenvalue weighted by atomic mass is 19.3. The molecule has 2 saturated carbocycles. The average Bonchev–Trinajstić information content (AvgIpc) is 2.94. The first-order valence-electron chi connectivity index (χ1n) is 14.9. The largest absolute Gasteiger partial charge is 0.360 e. The van der Waals surface area contributed by atoms with E-state index in [0.717, 1.165) is 11.5 Å². The second kappa shape index (κ2) is 14.2. The van der Waals surface area contributed by atoms with E-state index in [1.165, 1.54) is 75.3 Å². The fraction of sp³-hybridized carbons (Fsp3) is 0.543. The summed E-state index contributed by atoms with van der Waals surface area (Å²) >= 11 is 0. The first kappa shape index (κ1) is 28.7. The molecule has 0 radical (unpaired) electrons. The van der Waals surface area contributed by atoms with Gasteiger partial charge >= 0.3 is 6.11 Å². The molecule has 1 nitrogen and oxygen atoms in total. The van der Waals surface area contributed by atoms with E-state index in [4.69, 9.17) is 4.74 Å². The van der Waals surface area contributed by atoms with Crippen molar-refractivity contribution in [1.82, 2.24) is 0 Å². The molecule has 0 aliphatic heterocycles. The molecule has 0 unspecified atom stereocenters. The van der Waals surface area contributed by atoms with Gasteiger partial charge in [-0.15, -0.1) is 0 Å². The van der Waals surface area contributed by atoms with E-state index in [1.807, 2.05) is 24.3 Å². The van der Waals surface area contributed by atoms with Crippen molar-refractivity contribution in [3.05, 3.63) is 95.1 Å². The number of rotatable bonds is 11. The van der Waals surface area contributed by atoms with Crippen molar-refractivity contribution in [3.8, 4) is 0 Å². The van der Waals surface area contributed by atoms with Gasteiger partial charge in [-0.05, 0) is 124 Å². The molecule has 2 aliphatic carbocycles. The quantitative estimate of drug-likeness (QED) is 0.268. The van der Waals surface area contributed by atoms with Gasteiger partial charge < -0.3 is 4.74 Å². The lowest BCUT2D eigenvalue weighted by molar-refractivity contribution is -0.244. The van der Waals surface area contributed by atoms with Crippen LogP contribution in [0.15, 0.2) is 72.8 Å². The van der Waals surface area contributed by atoms with Gasteiger partial charge in [-0.3, -0.25) is 0 Å². The Morgan fingerprint density at radius 1 is 0.737 bits per heavy atom. The Labute approximate surface area is 229 Å². The standard InChI is InChI=1S/C35H46F2O/c1-3-5-6-8-28-11-19-32(20-12-28)33-21-13-29(14-22-33)25-35(36,37)38-26-30-15-23-34(24-16-30)31-17-9-27(7-4-2)10-18-31/h3-5,7,13-16,21-24,27-28,31-32H,6,8-12,17-20,25-26H2,1-2H3. The third kappa shape index (κ3) is 8.63. The van der Waals surface area contributed by atoms with Crippen LogP contribution in [0.25, 0.3) is 0 Å². The van der Waals surface area contributed by atoms with Crippen LogP contribution in [-0.4, -0.2) is 6.11 Å². The third-order valence-electron chi connectivity index (χ3n) is 8.82. The van der Waals surface area contributed by atoms with Crippen LogP contribution in [0, 0.1) is 11.8 Å². The van der Waals surface area contributed by atoms with Crippen LogP contribution in [0.4, 0.5) is 8.78 Å². The topological polar surface area (TPSA) is 9.23 Å². The van der Waals surface area contributed by atoms with E-state index in [0.29, 0.717) is 23.3 Å². The van der Waals surface area contributed by atoms with E-state index < -0.39 is 12.5 Å². The number of allylic oxidation sites excluding steroid dienone is 4. The SMILES string of the molecule is CC=CCCC1CCC(c2ccc(CC(F)(F)OCc3ccc(C4CCC(C=CC)CC4)cc3)cc2)CC1. The van der Waals surface area contributed by atoms with E-state index in [9.17, 15) is 8.78 Å². The van der Waals surface area contributed by atoms with Crippen molar-refractivity contribution in [2.45, 2.75) is 109 Å². The van der Waals surface area contributed by atoms with E-state index in [-0.39, 0.29) is 6.61 Å². The number of hydrogen-bond acceptors (Lipinski definition) is 1. The van der Waals surface area contributed by atoms with Crippen molar-refractivity contribution < 1.29 is 13.5 Å². The van der Waals surface area contributed by atoms with Crippen molar-refractivity contribution in [2.24, 2.45) is 11.8 Å². The predicted octanol–water partition coefficient (Wildman–Crippen LogP) is 10.5. The smallest absolute Gasteiger partial charge is 0.315 e. The molecule has 3 heteroatoms. The Kier molecular flexibility index (Phi) is 10.8. The van der Waals surface area contributed by atoms with Crippen molar-refractivity contribution in [1.29, 1.82) is 0 Å². The summed E-state index contributed by atoms with van der Waals surface area (Å²) < 4.78 is 34.4. The predicted molar refractivity (Wildman–Crippen MR) is 155 cm³/mol. The summed E-state index contributed by atoms with van der Waals surface area (Å²) in [5.41, 5.74) is 4.04. The van der Waals surface area contributed by atoms with Gasteiger partial charge in [0.15, 0.2) is 0 Å². The minimum atomic E-state index is -3.18. The van der Waals surface area contributed by atoms with Crippen LogP contribution in [0.1, 0.15) is 112 Å². The lowest BCUT2D eigenvalue weighted by Gasteiger charge is -2.28. The van der Waals surface area contributed by atoms with Crippen molar-refractivity contribution in [2.75, 3.05) is 0 Å². The van der Waals surface area contributed by atoms with Crippen LogP contribution >= 0.6 is 0 Å². The van der Waals surface area contributed by atoms with Crippen LogP contribution in [0.2, 0.25) is 0 Å². The van der Waals surface area contributed by atoms with Gasteiger partial charge in [0.25, 0.3) is 0 Å². The zero-order valence-corrected chi connectivity index (χ0v) is 23.4. The van der Waals surface area contributed by atoms with Gasteiger partial charge in [-0.25, -0.2) is 0 Å². The van der Waals surface area contributed by atoms with Crippen molar-refractivity contribution >= 4 is 0 Å². The maximum absolute atomic E-state index is 14.7. The maximum atomic E-state index is 14.7. The molecule has 2 aliphatic rings.